The topological polar surface area (TPSA) is 38.1 Å². The number of halogens is 4. The van der Waals surface area contributed by atoms with Crippen molar-refractivity contribution in [1.29, 1.82) is 0 Å². The van der Waals surface area contributed by atoms with Gasteiger partial charge in [0.05, 0.1) is 17.9 Å². The van der Waals surface area contributed by atoms with Crippen molar-refractivity contribution in [3.8, 4) is 0 Å². The Labute approximate surface area is 112 Å². The highest BCUT2D eigenvalue weighted by Crippen LogP contribution is 2.32. The molecule has 1 unspecified atom stereocenters. The first-order valence-electron chi connectivity index (χ1n) is 5.41. The number of furan rings is 1. The van der Waals surface area contributed by atoms with E-state index in [1.807, 2.05) is 0 Å². The molecule has 2 aromatic heterocycles. The van der Waals surface area contributed by atoms with Gasteiger partial charge in [-0.3, -0.25) is 0 Å². The van der Waals surface area contributed by atoms with Crippen molar-refractivity contribution in [3.63, 3.8) is 0 Å². The van der Waals surface area contributed by atoms with Crippen LogP contribution in [0.2, 0.25) is 5.15 Å². The Kier molecular flexibility index (Phi) is 3.71. The van der Waals surface area contributed by atoms with Crippen LogP contribution in [0, 0.1) is 0 Å². The average Bonchev–Trinajstić information content (AvgIpc) is 2.80. The van der Waals surface area contributed by atoms with Crippen LogP contribution in [-0.4, -0.2) is 4.98 Å². The molecular weight excluding hydrogens is 281 g/mol. The maximum Gasteiger partial charge on any atom is 0.416 e. The molecule has 0 fully saturated rings. The zero-order chi connectivity index (χ0) is 14.0. The van der Waals surface area contributed by atoms with Crippen LogP contribution >= 0.6 is 11.6 Å². The van der Waals surface area contributed by atoms with E-state index < -0.39 is 11.7 Å². The summed E-state index contributed by atoms with van der Waals surface area (Å²) in [6.45, 7) is 1.74. The van der Waals surface area contributed by atoms with E-state index in [1.54, 1.807) is 19.1 Å². The average molecular weight is 291 g/mol. The SMILES string of the molecule is CC(Nc1cc(C(F)(F)F)cc(Cl)n1)c1ccco1. The minimum absolute atomic E-state index is 0.0451. The summed E-state index contributed by atoms with van der Waals surface area (Å²) in [4.78, 5) is 3.81. The number of rotatable bonds is 3. The van der Waals surface area contributed by atoms with Crippen molar-refractivity contribution < 1.29 is 17.6 Å². The van der Waals surface area contributed by atoms with Gasteiger partial charge in [0, 0.05) is 0 Å². The summed E-state index contributed by atoms with van der Waals surface area (Å²) < 4.78 is 43.0. The molecule has 0 amide bonds. The van der Waals surface area contributed by atoms with Gasteiger partial charge < -0.3 is 9.73 Å². The first-order valence-corrected chi connectivity index (χ1v) is 5.79. The van der Waals surface area contributed by atoms with Crippen LogP contribution in [0.1, 0.15) is 24.3 Å². The summed E-state index contributed by atoms with van der Waals surface area (Å²) in [7, 11) is 0. The Morgan fingerprint density at radius 1 is 1.37 bits per heavy atom. The molecule has 2 aromatic rings. The molecule has 102 valence electrons. The normalized spacial score (nSPS) is 13.3. The molecule has 19 heavy (non-hydrogen) atoms. The third-order valence-electron chi connectivity index (χ3n) is 2.46. The van der Waals surface area contributed by atoms with Gasteiger partial charge in [-0.05, 0) is 31.2 Å². The highest BCUT2D eigenvalue weighted by molar-refractivity contribution is 6.29. The Hall–Kier alpha value is -1.69. The molecule has 0 radical (unpaired) electrons. The second-order valence-corrected chi connectivity index (χ2v) is 4.33. The molecule has 0 aliphatic carbocycles. The first-order chi connectivity index (χ1) is 8.86. The molecule has 0 saturated heterocycles. The van der Waals surface area contributed by atoms with Crippen molar-refractivity contribution in [2.24, 2.45) is 0 Å². The van der Waals surface area contributed by atoms with Gasteiger partial charge in [-0.1, -0.05) is 11.6 Å². The lowest BCUT2D eigenvalue weighted by molar-refractivity contribution is -0.137. The molecular formula is C12H10ClF3N2O. The minimum Gasteiger partial charge on any atom is -0.467 e. The fourth-order valence-electron chi connectivity index (χ4n) is 1.57. The number of hydrogen-bond acceptors (Lipinski definition) is 3. The lowest BCUT2D eigenvalue weighted by Crippen LogP contribution is -2.10. The van der Waals surface area contributed by atoms with Gasteiger partial charge in [0.1, 0.15) is 16.7 Å². The van der Waals surface area contributed by atoms with E-state index in [0.717, 1.165) is 12.1 Å². The molecule has 0 aliphatic rings. The van der Waals surface area contributed by atoms with Crippen LogP contribution in [0.15, 0.2) is 34.9 Å². The van der Waals surface area contributed by atoms with Crippen LogP contribution in [0.5, 0.6) is 0 Å². The Morgan fingerprint density at radius 2 is 2.11 bits per heavy atom. The minimum atomic E-state index is -4.46. The number of anilines is 1. The maximum absolute atomic E-state index is 12.6. The van der Waals surface area contributed by atoms with E-state index in [9.17, 15) is 13.2 Å². The van der Waals surface area contributed by atoms with E-state index in [1.165, 1.54) is 6.26 Å². The van der Waals surface area contributed by atoms with Crippen LogP contribution < -0.4 is 5.32 Å². The third kappa shape index (κ3) is 3.41. The predicted octanol–water partition coefficient (Wildman–Crippen LogP) is 4.52. The number of nitrogens with one attached hydrogen (secondary N) is 1. The summed E-state index contributed by atoms with van der Waals surface area (Å²) in [6, 6.07) is 4.78. The van der Waals surface area contributed by atoms with E-state index in [-0.39, 0.29) is 17.0 Å². The molecule has 0 spiro atoms. The molecule has 2 heterocycles. The monoisotopic (exact) mass is 290 g/mol. The Balaban J connectivity index is 2.23. The second-order valence-electron chi connectivity index (χ2n) is 3.94. The lowest BCUT2D eigenvalue weighted by atomic mass is 10.2. The van der Waals surface area contributed by atoms with E-state index in [2.05, 4.69) is 10.3 Å². The molecule has 0 saturated carbocycles. The predicted molar refractivity (Wildman–Crippen MR) is 65.0 cm³/mol. The fraction of sp³-hybridized carbons (Fsp3) is 0.250. The van der Waals surface area contributed by atoms with Gasteiger partial charge in [0.15, 0.2) is 0 Å². The largest absolute Gasteiger partial charge is 0.467 e. The van der Waals surface area contributed by atoms with Crippen molar-refractivity contribution in [3.05, 3.63) is 47.0 Å². The van der Waals surface area contributed by atoms with E-state index in [4.69, 9.17) is 16.0 Å². The van der Waals surface area contributed by atoms with Crippen molar-refractivity contribution in [2.45, 2.75) is 19.1 Å². The van der Waals surface area contributed by atoms with Gasteiger partial charge in [0.25, 0.3) is 0 Å². The molecule has 3 nitrogen and oxygen atoms in total. The van der Waals surface area contributed by atoms with Crippen LogP contribution in [-0.2, 0) is 6.18 Å². The molecule has 1 N–H and O–H groups in total. The highest BCUT2D eigenvalue weighted by Gasteiger charge is 2.31. The number of nitrogens with zero attached hydrogens (tertiary/aromatic N) is 1. The number of aromatic nitrogens is 1. The summed E-state index contributed by atoms with van der Waals surface area (Å²) in [5.41, 5.74) is -0.846. The Morgan fingerprint density at radius 3 is 2.68 bits per heavy atom. The smallest absolute Gasteiger partial charge is 0.416 e. The number of pyridine rings is 1. The van der Waals surface area contributed by atoms with Crippen LogP contribution in [0.25, 0.3) is 0 Å². The quantitative estimate of drug-likeness (QED) is 0.845. The summed E-state index contributed by atoms with van der Waals surface area (Å²) in [6.07, 6.45) is -2.98. The van der Waals surface area contributed by atoms with Gasteiger partial charge in [-0.15, -0.1) is 0 Å². The molecule has 7 heteroatoms. The molecule has 0 aliphatic heterocycles. The molecule has 0 aromatic carbocycles. The maximum atomic E-state index is 12.6. The summed E-state index contributed by atoms with van der Waals surface area (Å²) in [5, 5.41) is 2.59. The third-order valence-corrected chi connectivity index (χ3v) is 2.65. The first kappa shape index (κ1) is 13.7. The Bertz CT molecular complexity index is 555. The zero-order valence-electron chi connectivity index (χ0n) is 9.83. The van der Waals surface area contributed by atoms with Crippen LogP contribution in [0.3, 0.4) is 0 Å². The second kappa shape index (κ2) is 5.13. The molecule has 2 rings (SSSR count). The number of alkyl halides is 3. The van der Waals surface area contributed by atoms with Gasteiger partial charge >= 0.3 is 6.18 Å². The lowest BCUT2D eigenvalue weighted by Gasteiger charge is -2.14. The van der Waals surface area contributed by atoms with E-state index >= 15 is 0 Å². The van der Waals surface area contributed by atoms with Gasteiger partial charge in [-0.25, -0.2) is 4.98 Å². The highest BCUT2D eigenvalue weighted by atomic mass is 35.5. The fourth-order valence-corrected chi connectivity index (χ4v) is 1.77. The molecule has 0 bridgehead atoms. The standard InChI is InChI=1S/C12H10ClF3N2O/c1-7(9-3-2-4-19-9)17-11-6-8(12(14,15)16)5-10(13)18-11/h2-7H,1H3,(H,17,18). The summed E-state index contributed by atoms with van der Waals surface area (Å²) >= 11 is 5.59. The zero-order valence-corrected chi connectivity index (χ0v) is 10.6. The summed E-state index contributed by atoms with van der Waals surface area (Å²) in [5.74, 6) is 0.638. The van der Waals surface area contributed by atoms with Crippen molar-refractivity contribution >= 4 is 17.4 Å². The van der Waals surface area contributed by atoms with Crippen molar-refractivity contribution in [1.82, 2.24) is 4.98 Å². The van der Waals surface area contributed by atoms with Gasteiger partial charge in [-0.2, -0.15) is 13.2 Å². The number of hydrogen-bond donors (Lipinski definition) is 1. The van der Waals surface area contributed by atoms with Crippen LogP contribution in [0.4, 0.5) is 19.0 Å². The van der Waals surface area contributed by atoms with Crippen molar-refractivity contribution in [2.75, 3.05) is 5.32 Å². The van der Waals surface area contributed by atoms with E-state index in [0.29, 0.717) is 5.76 Å². The molecule has 1 atom stereocenters. The van der Waals surface area contributed by atoms with Gasteiger partial charge in [0.2, 0.25) is 0 Å².